The van der Waals surface area contributed by atoms with Crippen molar-refractivity contribution in [3.63, 3.8) is 0 Å². The Kier molecular flexibility index (Phi) is 4.19. The lowest BCUT2D eigenvalue weighted by atomic mass is 9.82. The minimum atomic E-state index is -3.08. The Labute approximate surface area is 81.0 Å². The molecule has 0 amide bonds. The molecule has 1 aliphatic rings. The van der Waals surface area contributed by atoms with E-state index in [4.69, 9.17) is 0 Å². The Hall–Kier alpha value is -0.0900. The molecule has 1 radical (unpaired) electrons. The van der Waals surface area contributed by atoms with Crippen LogP contribution in [0.2, 0.25) is 0 Å². The molecule has 0 aromatic carbocycles. The summed E-state index contributed by atoms with van der Waals surface area (Å²) in [5, 5.41) is 0. The van der Waals surface area contributed by atoms with Crippen molar-refractivity contribution in [3.8, 4) is 0 Å². The van der Waals surface area contributed by atoms with Gasteiger partial charge in [-0.25, -0.2) is 8.42 Å². The third-order valence-corrected chi connectivity index (χ3v) is 3.95. The van der Waals surface area contributed by atoms with E-state index in [2.05, 4.69) is 4.72 Å². The molecule has 0 saturated heterocycles. The highest BCUT2D eigenvalue weighted by Crippen LogP contribution is 2.30. The van der Waals surface area contributed by atoms with Crippen molar-refractivity contribution in [1.29, 1.82) is 0 Å². The quantitative estimate of drug-likeness (QED) is 0.616. The van der Waals surface area contributed by atoms with Crippen LogP contribution in [0.1, 0.15) is 39.0 Å². The highest BCUT2D eigenvalue weighted by molar-refractivity contribution is 7.89. The lowest BCUT2D eigenvalue weighted by molar-refractivity contribution is 0.290. The SMILES string of the molecule is CCS(=O)(=O)[N]CCCC1CCC1. The van der Waals surface area contributed by atoms with Gasteiger partial charge in [0.1, 0.15) is 0 Å². The van der Waals surface area contributed by atoms with Crippen molar-refractivity contribution in [2.75, 3.05) is 12.3 Å². The van der Waals surface area contributed by atoms with E-state index in [1.54, 1.807) is 6.92 Å². The number of nitrogens with zero attached hydrogens (tertiary/aromatic N) is 1. The summed E-state index contributed by atoms with van der Waals surface area (Å²) in [5.41, 5.74) is 0. The Morgan fingerprint density at radius 1 is 1.38 bits per heavy atom. The number of sulfonamides is 1. The van der Waals surface area contributed by atoms with Gasteiger partial charge in [0.2, 0.25) is 10.0 Å². The molecular weight excluding hydrogens is 186 g/mol. The van der Waals surface area contributed by atoms with E-state index < -0.39 is 10.0 Å². The summed E-state index contributed by atoms with van der Waals surface area (Å²) in [7, 11) is -3.08. The fourth-order valence-electron chi connectivity index (χ4n) is 1.46. The number of hydrogen-bond acceptors (Lipinski definition) is 2. The molecule has 3 nitrogen and oxygen atoms in total. The Morgan fingerprint density at radius 2 is 2.08 bits per heavy atom. The zero-order valence-electron chi connectivity index (χ0n) is 8.20. The predicted octanol–water partition coefficient (Wildman–Crippen LogP) is 1.52. The van der Waals surface area contributed by atoms with Crippen molar-refractivity contribution in [2.45, 2.75) is 39.0 Å². The maximum Gasteiger partial charge on any atom is 0.227 e. The standard InChI is InChI=1S/C9H18NO2S/c1-2-13(11,12)10-8-4-7-9-5-3-6-9/h9H,2-8H2,1H3. The molecule has 1 rings (SSSR count). The molecule has 4 heteroatoms. The summed E-state index contributed by atoms with van der Waals surface area (Å²) in [6.07, 6.45) is 6.11. The second-order valence-corrected chi connectivity index (χ2v) is 5.66. The molecule has 0 spiro atoms. The highest BCUT2D eigenvalue weighted by atomic mass is 32.2. The van der Waals surface area contributed by atoms with Gasteiger partial charge in [0, 0.05) is 6.54 Å². The molecule has 0 bridgehead atoms. The minimum absolute atomic E-state index is 0.135. The van der Waals surface area contributed by atoms with Gasteiger partial charge in [-0.1, -0.05) is 19.3 Å². The van der Waals surface area contributed by atoms with Crippen molar-refractivity contribution in [3.05, 3.63) is 0 Å². The van der Waals surface area contributed by atoms with Crippen molar-refractivity contribution in [2.24, 2.45) is 5.92 Å². The van der Waals surface area contributed by atoms with Crippen LogP contribution in [0.3, 0.4) is 0 Å². The Morgan fingerprint density at radius 3 is 2.54 bits per heavy atom. The van der Waals surface area contributed by atoms with Gasteiger partial charge < -0.3 is 0 Å². The first-order chi connectivity index (χ1) is 6.14. The molecular formula is C9H18NO2S. The topological polar surface area (TPSA) is 48.2 Å². The average molecular weight is 204 g/mol. The average Bonchev–Trinajstić information content (AvgIpc) is 2.01. The third kappa shape index (κ3) is 4.09. The maximum atomic E-state index is 11.0. The summed E-state index contributed by atoms with van der Waals surface area (Å²) in [6.45, 7) is 2.12. The van der Waals surface area contributed by atoms with Crippen LogP contribution in [0, 0.1) is 5.92 Å². The van der Waals surface area contributed by atoms with Crippen LogP contribution >= 0.6 is 0 Å². The van der Waals surface area contributed by atoms with E-state index >= 15 is 0 Å². The molecule has 1 fully saturated rings. The zero-order chi connectivity index (χ0) is 9.73. The van der Waals surface area contributed by atoms with Gasteiger partial charge in [0.15, 0.2) is 0 Å². The van der Waals surface area contributed by atoms with Crippen LogP contribution < -0.4 is 4.72 Å². The van der Waals surface area contributed by atoms with E-state index in [1.807, 2.05) is 0 Å². The van der Waals surface area contributed by atoms with E-state index in [0.717, 1.165) is 18.8 Å². The molecule has 77 valence electrons. The van der Waals surface area contributed by atoms with E-state index in [-0.39, 0.29) is 5.75 Å². The smallest absolute Gasteiger partial charge is 0.211 e. The Balaban J connectivity index is 2.00. The monoisotopic (exact) mass is 204 g/mol. The third-order valence-electron chi connectivity index (χ3n) is 2.65. The first-order valence-electron chi connectivity index (χ1n) is 5.05. The predicted molar refractivity (Wildman–Crippen MR) is 53.0 cm³/mol. The normalized spacial score (nSPS) is 18.5. The lowest BCUT2D eigenvalue weighted by Gasteiger charge is -2.24. The molecule has 0 atom stereocenters. The zero-order valence-corrected chi connectivity index (χ0v) is 9.02. The maximum absolute atomic E-state index is 11.0. The lowest BCUT2D eigenvalue weighted by Crippen LogP contribution is -2.20. The van der Waals surface area contributed by atoms with Crippen LogP contribution in [0.15, 0.2) is 0 Å². The summed E-state index contributed by atoms with van der Waals surface area (Å²) >= 11 is 0. The minimum Gasteiger partial charge on any atom is -0.211 e. The Bertz CT molecular complexity index is 232. The largest absolute Gasteiger partial charge is 0.227 e. The van der Waals surface area contributed by atoms with Gasteiger partial charge in [-0.05, 0) is 25.7 Å². The number of rotatable bonds is 6. The summed E-state index contributed by atoms with van der Waals surface area (Å²) in [4.78, 5) is 0. The molecule has 0 aliphatic heterocycles. The second-order valence-electron chi connectivity index (χ2n) is 3.66. The van der Waals surface area contributed by atoms with Crippen molar-refractivity contribution < 1.29 is 8.42 Å². The van der Waals surface area contributed by atoms with Crippen LogP contribution in [-0.2, 0) is 10.0 Å². The van der Waals surface area contributed by atoms with Crippen molar-refractivity contribution >= 4 is 10.0 Å². The molecule has 13 heavy (non-hydrogen) atoms. The summed E-state index contributed by atoms with van der Waals surface area (Å²) in [5.74, 6) is 0.996. The van der Waals surface area contributed by atoms with Crippen molar-refractivity contribution in [1.82, 2.24) is 4.72 Å². The van der Waals surface area contributed by atoms with Gasteiger partial charge in [-0.2, -0.15) is 0 Å². The molecule has 1 aliphatic carbocycles. The first-order valence-corrected chi connectivity index (χ1v) is 6.66. The molecule has 0 heterocycles. The summed E-state index contributed by atoms with van der Waals surface area (Å²) < 4.78 is 25.6. The van der Waals surface area contributed by atoms with Crippen LogP contribution in [-0.4, -0.2) is 20.7 Å². The van der Waals surface area contributed by atoms with E-state index in [1.165, 1.54) is 19.3 Å². The van der Waals surface area contributed by atoms with Gasteiger partial charge in [0.05, 0.1) is 5.75 Å². The van der Waals surface area contributed by atoms with Crippen LogP contribution in [0.4, 0.5) is 0 Å². The molecule has 0 unspecified atom stereocenters. The second kappa shape index (κ2) is 4.96. The molecule has 1 saturated carbocycles. The fourth-order valence-corrected chi connectivity index (χ4v) is 2.05. The van der Waals surface area contributed by atoms with Gasteiger partial charge >= 0.3 is 0 Å². The van der Waals surface area contributed by atoms with Gasteiger partial charge in [-0.15, -0.1) is 4.72 Å². The molecule has 0 N–H and O–H groups in total. The van der Waals surface area contributed by atoms with Gasteiger partial charge in [0.25, 0.3) is 0 Å². The first kappa shape index (κ1) is 11.0. The molecule has 0 aromatic rings. The molecule has 0 aromatic heterocycles. The summed E-state index contributed by atoms with van der Waals surface area (Å²) in [6, 6.07) is 0. The van der Waals surface area contributed by atoms with Crippen LogP contribution in [0.5, 0.6) is 0 Å². The van der Waals surface area contributed by atoms with E-state index in [0.29, 0.717) is 6.54 Å². The number of hydrogen-bond donors (Lipinski definition) is 0. The van der Waals surface area contributed by atoms with Crippen LogP contribution in [0.25, 0.3) is 0 Å². The highest BCUT2D eigenvalue weighted by Gasteiger charge is 2.16. The fraction of sp³-hybridized carbons (Fsp3) is 1.00. The van der Waals surface area contributed by atoms with Gasteiger partial charge in [-0.3, -0.25) is 0 Å². The van der Waals surface area contributed by atoms with E-state index in [9.17, 15) is 8.42 Å².